The molecule has 10 nitrogen and oxygen atoms in total. The highest BCUT2D eigenvalue weighted by Gasteiger charge is 2.36. The van der Waals surface area contributed by atoms with Crippen molar-refractivity contribution in [3.05, 3.63) is 47.2 Å². The van der Waals surface area contributed by atoms with Gasteiger partial charge >= 0.3 is 6.09 Å². The number of carbonyl (C=O) groups is 2. The molecule has 1 saturated heterocycles. The Hall–Kier alpha value is -3.09. The molecule has 0 radical (unpaired) electrons. The number of amides is 2. The number of ether oxygens (including phenoxy) is 2. The second-order valence-electron chi connectivity index (χ2n) is 7.44. The Morgan fingerprint density at radius 2 is 1.97 bits per heavy atom. The topological polar surface area (TPSA) is 134 Å². The molecule has 13 heteroatoms. The summed E-state index contributed by atoms with van der Waals surface area (Å²) >= 11 is 5.79. The number of anilines is 2. The second kappa shape index (κ2) is 9.04. The van der Waals surface area contributed by atoms with Gasteiger partial charge in [0.2, 0.25) is 5.91 Å². The summed E-state index contributed by atoms with van der Waals surface area (Å²) in [7, 11) is -4.25. The first-order valence-corrected chi connectivity index (χ1v) is 11.6. The summed E-state index contributed by atoms with van der Waals surface area (Å²) in [5.74, 6) is -1.09. The van der Waals surface area contributed by atoms with Gasteiger partial charge in [-0.05, 0) is 36.4 Å². The van der Waals surface area contributed by atoms with Crippen molar-refractivity contribution < 1.29 is 37.0 Å². The molecule has 2 amide bonds. The van der Waals surface area contributed by atoms with E-state index in [1.807, 2.05) is 0 Å². The summed E-state index contributed by atoms with van der Waals surface area (Å²) < 4.78 is 52.4. The third-order valence-electron chi connectivity index (χ3n) is 5.13. The Bertz CT molecular complexity index is 1210. The summed E-state index contributed by atoms with van der Waals surface area (Å²) in [5.41, 5.74) is 0.204. The lowest BCUT2D eigenvalue weighted by molar-refractivity contribution is -0.139. The van der Waals surface area contributed by atoms with Gasteiger partial charge in [-0.25, -0.2) is 17.6 Å². The number of hydrogen-bond acceptors (Lipinski definition) is 6. The molecule has 0 saturated carbocycles. The molecule has 176 valence electrons. The highest BCUT2D eigenvalue weighted by Crippen LogP contribution is 2.39. The normalized spacial score (nSPS) is 18.0. The quantitative estimate of drug-likeness (QED) is 0.555. The summed E-state index contributed by atoms with van der Waals surface area (Å²) in [6, 6.07) is 7.17. The molecular weight excluding hydrogens is 481 g/mol. The van der Waals surface area contributed by atoms with Crippen LogP contribution in [-0.4, -0.2) is 57.9 Å². The van der Waals surface area contributed by atoms with Gasteiger partial charge in [-0.1, -0.05) is 11.6 Å². The molecule has 1 fully saturated rings. The van der Waals surface area contributed by atoms with Crippen LogP contribution in [0.2, 0.25) is 5.02 Å². The third kappa shape index (κ3) is 4.82. The van der Waals surface area contributed by atoms with Crippen LogP contribution >= 0.6 is 11.6 Å². The van der Waals surface area contributed by atoms with Gasteiger partial charge < -0.3 is 19.9 Å². The van der Waals surface area contributed by atoms with Crippen LogP contribution in [0, 0.1) is 11.7 Å². The van der Waals surface area contributed by atoms with Crippen molar-refractivity contribution in [3.63, 3.8) is 0 Å². The Morgan fingerprint density at radius 3 is 2.61 bits per heavy atom. The van der Waals surface area contributed by atoms with Crippen LogP contribution in [0.5, 0.6) is 5.75 Å². The lowest BCUT2D eigenvalue weighted by Gasteiger charge is -2.36. The first-order chi connectivity index (χ1) is 15.6. The first kappa shape index (κ1) is 23.1. The maximum absolute atomic E-state index is 13.6. The molecule has 1 unspecified atom stereocenters. The minimum absolute atomic E-state index is 0.0279. The van der Waals surface area contributed by atoms with E-state index in [0.717, 1.165) is 22.5 Å². The van der Waals surface area contributed by atoms with Crippen LogP contribution in [0.15, 0.2) is 41.3 Å². The van der Waals surface area contributed by atoms with Crippen molar-refractivity contribution >= 4 is 45.0 Å². The van der Waals surface area contributed by atoms with E-state index in [9.17, 15) is 22.4 Å². The van der Waals surface area contributed by atoms with Gasteiger partial charge in [-0.3, -0.25) is 14.4 Å². The molecular formula is C20H19ClFN3O7S. The molecule has 3 N–H and O–H groups in total. The van der Waals surface area contributed by atoms with Crippen LogP contribution < -0.4 is 19.7 Å². The molecule has 0 aromatic heterocycles. The summed E-state index contributed by atoms with van der Waals surface area (Å²) in [6.45, 7) is 0.485. The van der Waals surface area contributed by atoms with Crippen LogP contribution in [0.1, 0.15) is 0 Å². The molecule has 2 aliphatic rings. The van der Waals surface area contributed by atoms with Crippen LogP contribution in [0.4, 0.5) is 20.6 Å². The molecule has 2 aromatic rings. The largest absolute Gasteiger partial charge is 0.484 e. The number of halogens is 2. The zero-order valence-corrected chi connectivity index (χ0v) is 18.5. The van der Waals surface area contributed by atoms with Crippen LogP contribution in [-0.2, 0) is 19.6 Å². The minimum Gasteiger partial charge on any atom is -0.484 e. The first-order valence-electron chi connectivity index (χ1n) is 9.79. The summed E-state index contributed by atoms with van der Waals surface area (Å²) in [6.07, 6.45) is -2.07. The van der Waals surface area contributed by atoms with Crippen molar-refractivity contribution in [3.8, 4) is 5.75 Å². The van der Waals surface area contributed by atoms with Gasteiger partial charge in [0.25, 0.3) is 10.0 Å². The smallest absolute Gasteiger partial charge is 0.409 e. The lowest BCUT2D eigenvalue weighted by Crippen LogP contribution is -2.50. The fraction of sp³-hybridized carbons (Fsp3) is 0.300. The average molecular weight is 500 g/mol. The number of hydrogen-bond donors (Lipinski definition) is 3. The number of nitrogens with zero attached hydrogens (tertiary/aromatic N) is 1. The van der Waals surface area contributed by atoms with E-state index >= 15 is 0 Å². The van der Waals surface area contributed by atoms with E-state index in [4.69, 9.17) is 26.2 Å². The molecule has 0 aliphatic carbocycles. The number of nitrogens with one attached hydrogen (secondary N) is 2. The number of sulfonamides is 1. The fourth-order valence-electron chi connectivity index (χ4n) is 3.36. The second-order valence-corrected chi connectivity index (χ2v) is 9.71. The molecule has 1 atom stereocenters. The molecule has 33 heavy (non-hydrogen) atoms. The monoisotopic (exact) mass is 499 g/mol. The van der Waals surface area contributed by atoms with E-state index in [-0.39, 0.29) is 52.0 Å². The predicted octanol–water partition coefficient (Wildman–Crippen LogP) is 2.29. The van der Waals surface area contributed by atoms with Crippen molar-refractivity contribution in [2.75, 3.05) is 35.9 Å². The van der Waals surface area contributed by atoms with Crippen molar-refractivity contribution in [2.45, 2.75) is 11.0 Å². The van der Waals surface area contributed by atoms with Gasteiger partial charge in [-0.15, -0.1) is 0 Å². The lowest BCUT2D eigenvalue weighted by atomic mass is 10.1. The van der Waals surface area contributed by atoms with Gasteiger partial charge in [-0.2, -0.15) is 0 Å². The number of benzene rings is 2. The third-order valence-corrected chi connectivity index (χ3v) is 7.20. The van der Waals surface area contributed by atoms with E-state index in [0.29, 0.717) is 13.2 Å². The molecule has 4 rings (SSSR count). The zero-order chi connectivity index (χ0) is 23.8. The highest BCUT2D eigenvalue weighted by molar-refractivity contribution is 7.92. The zero-order valence-electron chi connectivity index (χ0n) is 17.0. The fourth-order valence-corrected chi connectivity index (χ4v) is 5.13. The Labute approximate surface area is 193 Å². The van der Waals surface area contributed by atoms with Crippen molar-refractivity contribution in [1.82, 2.24) is 5.32 Å². The van der Waals surface area contributed by atoms with Crippen molar-refractivity contribution in [1.29, 1.82) is 0 Å². The molecule has 0 spiro atoms. The van der Waals surface area contributed by atoms with E-state index in [1.54, 1.807) is 0 Å². The van der Waals surface area contributed by atoms with Crippen LogP contribution in [0.3, 0.4) is 0 Å². The summed E-state index contributed by atoms with van der Waals surface area (Å²) in [5, 5.41) is 13.5. The van der Waals surface area contributed by atoms with E-state index in [1.165, 1.54) is 18.2 Å². The number of carboxylic acid groups (broad SMARTS) is 1. The Balaban J connectivity index is 1.66. The van der Waals surface area contributed by atoms with Gasteiger partial charge in [0.15, 0.2) is 0 Å². The molecule has 2 aliphatic heterocycles. The average Bonchev–Trinajstić information content (AvgIpc) is 2.72. The van der Waals surface area contributed by atoms with Crippen molar-refractivity contribution in [2.24, 2.45) is 5.92 Å². The minimum atomic E-state index is -4.25. The van der Waals surface area contributed by atoms with Gasteiger partial charge in [0.1, 0.15) is 17.7 Å². The number of rotatable bonds is 6. The number of fused-ring (bicyclic) bond motifs is 1. The maximum atomic E-state index is 13.6. The molecule has 2 aromatic carbocycles. The number of carbonyl (C=O) groups excluding carboxylic acids is 1. The molecule has 2 heterocycles. The maximum Gasteiger partial charge on any atom is 0.409 e. The standard InChI is InChI=1S/C20H19ClFN3O7S/c21-15-6-14(2-3-16(15)22)33(29,30)25-8-13(7-23-19(26)11-9-31-10-11)32-18-4-1-12(5-17(18)25)24-20(27)28/h1-6,11,13,24H,7-10H2,(H,23,26)(H,27,28). The van der Waals surface area contributed by atoms with E-state index in [2.05, 4.69) is 10.6 Å². The van der Waals surface area contributed by atoms with E-state index < -0.39 is 28.0 Å². The van der Waals surface area contributed by atoms with Gasteiger partial charge in [0.05, 0.1) is 47.8 Å². The SMILES string of the molecule is O=C(O)Nc1ccc2c(c1)N(S(=O)(=O)c1ccc(F)c(Cl)c1)CC(CNC(=O)C1COC1)O2. The predicted molar refractivity (Wildman–Crippen MR) is 116 cm³/mol. The Kier molecular flexibility index (Phi) is 6.32. The molecule has 0 bridgehead atoms. The van der Waals surface area contributed by atoms with Crippen LogP contribution in [0.25, 0.3) is 0 Å². The Morgan fingerprint density at radius 1 is 1.21 bits per heavy atom. The highest BCUT2D eigenvalue weighted by atomic mass is 35.5. The summed E-state index contributed by atoms with van der Waals surface area (Å²) in [4.78, 5) is 22.9. The van der Waals surface area contributed by atoms with Gasteiger partial charge in [0, 0.05) is 5.69 Å².